The fourth-order valence-electron chi connectivity index (χ4n) is 3.10. The monoisotopic (exact) mass is 416 g/mol. The third-order valence-corrected chi connectivity index (χ3v) is 4.94. The number of amides is 1. The van der Waals surface area contributed by atoms with Gasteiger partial charge >= 0.3 is 6.18 Å². The molecule has 2 heterocycles. The summed E-state index contributed by atoms with van der Waals surface area (Å²) >= 11 is 6.24. The predicted molar refractivity (Wildman–Crippen MR) is 98.7 cm³/mol. The number of fused-ring (bicyclic) bond motifs is 1. The molecule has 0 fully saturated rings. The first-order valence-corrected chi connectivity index (χ1v) is 9.05. The lowest BCUT2D eigenvalue weighted by Gasteiger charge is -2.33. The summed E-state index contributed by atoms with van der Waals surface area (Å²) in [5.74, 6) is -0.670. The summed E-state index contributed by atoms with van der Waals surface area (Å²) in [5, 5.41) is 9.26. The van der Waals surface area contributed by atoms with Crippen molar-refractivity contribution in [1.82, 2.24) is 15.1 Å². The van der Waals surface area contributed by atoms with Crippen LogP contribution < -0.4 is 10.6 Å². The number of aryl methyl sites for hydroxylation is 1. The molecule has 1 aromatic carbocycles. The molecule has 0 unspecified atom stereocenters. The third kappa shape index (κ3) is 4.10. The van der Waals surface area contributed by atoms with Crippen LogP contribution in [0.5, 0.6) is 0 Å². The Morgan fingerprint density at radius 1 is 1.39 bits per heavy atom. The van der Waals surface area contributed by atoms with Gasteiger partial charge in [-0.25, -0.2) is 4.68 Å². The average Bonchev–Trinajstić information content (AvgIpc) is 2.98. The number of hydrogen-bond acceptors (Lipinski definition) is 4. The quantitative estimate of drug-likeness (QED) is 0.726. The maximum atomic E-state index is 13.7. The van der Waals surface area contributed by atoms with Crippen molar-refractivity contribution >= 4 is 23.3 Å². The molecule has 0 spiro atoms. The van der Waals surface area contributed by atoms with Crippen LogP contribution in [0.15, 0.2) is 24.3 Å². The minimum atomic E-state index is -4.54. The maximum Gasteiger partial charge on any atom is 0.410 e. The van der Waals surface area contributed by atoms with E-state index in [0.717, 1.165) is 10.2 Å². The van der Waals surface area contributed by atoms with Gasteiger partial charge in [0.05, 0.1) is 12.6 Å². The van der Waals surface area contributed by atoms with Crippen LogP contribution in [0.1, 0.15) is 40.1 Å². The van der Waals surface area contributed by atoms with E-state index in [9.17, 15) is 18.0 Å². The Balaban J connectivity index is 1.96. The van der Waals surface area contributed by atoms with Crippen LogP contribution in [-0.4, -0.2) is 42.1 Å². The molecule has 0 aliphatic carbocycles. The van der Waals surface area contributed by atoms with Gasteiger partial charge in [0.1, 0.15) is 10.8 Å². The molecule has 0 saturated carbocycles. The Labute approximate surface area is 165 Å². The van der Waals surface area contributed by atoms with Crippen molar-refractivity contribution in [3.05, 3.63) is 46.1 Å². The number of aromatic nitrogens is 2. The molecule has 1 aliphatic rings. The highest BCUT2D eigenvalue weighted by Crippen LogP contribution is 2.46. The molecule has 2 N–H and O–H groups in total. The van der Waals surface area contributed by atoms with Crippen LogP contribution in [0.25, 0.3) is 0 Å². The Morgan fingerprint density at radius 2 is 2.07 bits per heavy atom. The number of hydrogen-bond donors (Lipinski definition) is 2. The first-order chi connectivity index (χ1) is 13.2. The van der Waals surface area contributed by atoms with Gasteiger partial charge in [-0.05, 0) is 12.5 Å². The number of carbonyl (C=O) groups is 1. The molecule has 3 rings (SSSR count). The minimum Gasteiger partial charge on any atom is -0.383 e. The number of anilines is 1. The standard InChI is InChI=1S/C18H20ClF3N4O2/c1-10-3-5-11(6-4-10)12-9-13(18(20,21)22)26-16(24-12)14(19)15(25-26)17(27)23-7-8-28-2/h3-6,12-13,24H,7-9H2,1-2H3,(H,23,27)/t12-,13+/m0/s1. The van der Waals surface area contributed by atoms with Crippen LogP contribution >= 0.6 is 11.6 Å². The zero-order chi connectivity index (χ0) is 20.5. The molecule has 152 valence electrons. The molecule has 1 amide bonds. The summed E-state index contributed by atoms with van der Waals surface area (Å²) in [6, 6.07) is 4.72. The van der Waals surface area contributed by atoms with Crippen molar-refractivity contribution in [2.45, 2.75) is 31.6 Å². The van der Waals surface area contributed by atoms with Crippen molar-refractivity contribution in [3.63, 3.8) is 0 Å². The molecule has 0 radical (unpaired) electrons. The molecule has 6 nitrogen and oxygen atoms in total. The van der Waals surface area contributed by atoms with Gasteiger partial charge in [-0.2, -0.15) is 18.3 Å². The van der Waals surface area contributed by atoms with Gasteiger partial charge in [0.25, 0.3) is 5.91 Å². The van der Waals surface area contributed by atoms with Gasteiger partial charge in [0.15, 0.2) is 11.7 Å². The Hall–Kier alpha value is -2.26. The smallest absolute Gasteiger partial charge is 0.383 e. The summed E-state index contributed by atoms with van der Waals surface area (Å²) in [6.45, 7) is 2.35. The van der Waals surface area contributed by atoms with Crippen molar-refractivity contribution in [2.24, 2.45) is 0 Å². The van der Waals surface area contributed by atoms with E-state index in [1.54, 1.807) is 12.1 Å². The summed E-state index contributed by atoms with van der Waals surface area (Å²) in [5.41, 5.74) is 1.46. The maximum absolute atomic E-state index is 13.7. The van der Waals surface area contributed by atoms with E-state index in [1.807, 2.05) is 19.1 Å². The van der Waals surface area contributed by atoms with Crippen molar-refractivity contribution < 1.29 is 22.7 Å². The topological polar surface area (TPSA) is 68.2 Å². The highest BCUT2D eigenvalue weighted by molar-refractivity contribution is 6.36. The van der Waals surface area contributed by atoms with Crippen LogP contribution in [0.3, 0.4) is 0 Å². The van der Waals surface area contributed by atoms with Crippen molar-refractivity contribution in [1.29, 1.82) is 0 Å². The SMILES string of the molecule is COCCNC(=O)c1nn2c(c1Cl)N[C@H](c1ccc(C)cc1)C[C@@H]2C(F)(F)F. The number of alkyl halides is 3. The zero-order valence-electron chi connectivity index (χ0n) is 15.3. The molecule has 2 aromatic rings. The van der Waals surface area contributed by atoms with Crippen LogP contribution in [-0.2, 0) is 4.74 Å². The highest BCUT2D eigenvalue weighted by atomic mass is 35.5. The number of ether oxygens (including phenoxy) is 1. The van der Waals surface area contributed by atoms with Gasteiger partial charge in [-0.3, -0.25) is 4.79 Å². The Morgan fingerprint density at radius 3 is 2.68 bits per heavy atom. The lowest BCUT2D eigenvalue weighted by Crippen LogP contribution is -2.36. The Bertz CT molecular complexity index is 852. The number of methoxy groups -OCH3 is 1. The summed E-state index contributed by atoms with van der Waals surface area (Å²) in [6.07, 6.45) is -4.80. The molecule has 1 aliphatic heterocycles. The summed E-state index contributed by atoms with van der Waals surface area (Å²) in [7, 11) is 1.47. The molecule has 0 saturated heterocycles. The fraction of sp³-hybridized carbons (Fsp3) is 0.444. The number of halogens is 4. The van der Waals surface area contributed by atoms with E-state index in [0.29, 0.717) is 5.56 Å². The van der Waals surface area contributed by atoms with Gasteiger partial charge in [0.2, 0.25) is 0 Å². The van der Waals surface area contributed by atoms with E-state index < -0.39 is 24.2 Å². The van der Waals surface area contributed by atoms with Crippen molar-refractivity contribution in [2.75, 3.05) is 25.6 Å². The second-order valence-electron chi connectivity index (χ2n) is 6.61. The summed E-state index contributed by atoms with van der Waals surface area (Å²) in [4.78, 5) is 12.3. The highest BCUT2D eigenvalue weighted by Gasteiger charge is 2.47. The lowest BCUT2D eigenvalue weighted by molar-refractivity contribution is -0.173. The van der Waals surface area contributed by atoms with Crippen LogP contribution in [0.2, 0.25) is 5.02 Å². The number of rotatable bonds is 5. The van der Waals surface area contributed by atoms with Crippen molar-refractivity contribution in [3.8, 4) is 0 Å². The molecular formula is C18H20ClF3N4O2. The van der Waals surface area contributed by atoms with E-state index in [1.165, 1.54) is 7.11 Å². The first-order valence-electron chi connectivity index (χ1n) is 8.67. The molecule has 1 aromatic heterocycles. The molecule has 28 heavy (non-hydrogen) atoms. The van der Waals surface area contributed by atoms with Gasteiger partial charge in [-0.1, -0.05) is 41.4 Å². The van der Waals surface area contributed by atoms with E-state index >= 15 is 0 Å². The van der Waals surface area contributed by atoms with Gasteiger partial charge in [0, 0.05) is 20.1 Å². The molecular weight excluding hydrogens is 397 g/mol. The predicted octanol–water partition coefficient (Wildman–Crippen LogP) is 3.88. The number of carbonyl (C=O) groups excluding carboxylic acids is 1. The zero-order valence-corrected chi connectivity index (χ0v) is 16.1. The van der Waals surface area contributed by atoms with Gasteiger partial charge < -0.3 is 15.4 Å². The largest absolute Gasteiger partial charge is 0.410 e. The van der Waals surface area contributed by atoms with E-state index in [4.69, 9.17) is 16.3 Å². The van der Waals surface area contributed by atoms with Crippen LogP contribution in [0, 0.1) is 6.92 Å². The molecule has 0 bridgehead atoms. The number of nitrogens with zero attached hydrogens (tertiary/aromatic N) is 2. The van der Waals surface area contributed by atoms with E-state index in [-0.39, 0.29) is 36.1 Å². The number of nitrogens with one attached hydrogen (secondary N) is 2. The normalized spacial score (nSPS) is 19.1. The second-order valence-corrected chi connectivity index (χ2v) is 6.98. The number of benzene rings is 1. The lowest BCUT2D eigenvalue weighted by atomic mass is 9.96. The van der Waals surface area contributed by atoms with E-state index in [2.05, 4.69) is 15.7 Å². The van der Waals surface area contributed by atoms with Crippen LogP contribution in [0.4, 0.5) is 19.0 Å². The average molecular weight is 417 g/mol. The molecule has 2 atom stereocenters. The first kappa shape index (κ1) is 20.5. The summed E-state index contributed by atoms with van der Waals surface area (Å²) < 4.78 is 46.7. The second kappa shape index (κ2) is 8.00. The fourth-order valence-corrected chi connectivity index (χ4v) is 3.37. The van der Waals surface area contributed by atoms with Gasteiger partial charge in [-0.15, -0.1) is 0 Å². The molecule has 10 heteroatoms. The minimum absolute atomic E-state index is 0.0160. The Kier molecular flexibility index (Phi) is 5.85. The third-order valence-electron chi connectivity index (χ3n) is 4.58.